The largest absolute Gasteiger partial charge is 0.324 e. The van der Waals surface area contributed by atoms with E-state index in [0.29, 0.717) is 16.3 Å². The second kappa shape index (κ2) is 3.83. The standard InChI is InChI=1S/C10H7Cl2NO2/c11-4-8(14)5-1-6-3-9(15)13-10(6)7(12)2-5/h1-2H,3-4H2,(H,13,15). The summed E-state index contributed by atoms with van der Waals surface area (Å²) < 4.78 is 0. The lowest BCUT2D eigenvalue weighted by molar-refractivity contribution is -0.115. The lowest BCUT2D eigenvalue weighted by Crippen LogP contribution is -2.03. The van der Waals surface area contributed by atoms with E-state index in [1.165, 1.54) is 6.07 Å². The van der Waals surface area contributed by atoms with E-state index in [1.807, 2.05) is 0 Å². The minimum Gasteiger partial charge on any atom is -0.324 e. The minimum atomic E-state index is -0.194. The molecule has 0 saturated heterocycles. The summed E-state index contributed by atoms with van der Waals surface area (Å²) >= 11 is 11.4. The van der Waals surface area contributed by atoms with E-state index in [9.17, 15) is 9.59 Å². The van der Waals surface area contributed by atoms with Gasteiger partial charge in [0.1, 0.15) is 0 Å². The molecule has 0 unspecified atom stereocenters. The number of ketones is 1. The first kappa shape index (κ1) is 10.5. The van der Waals surface area contributed by atoms with Crippen LogP contribution in [0.5, 0.6) is 0 Å². The monoisotopic (exact) mass is 243 g/mol. The van der Waals surface area contributed by atoms with E-state index in [2.05, 4.69) is 5.32 Å². The number of fused-ring (bicyclic) bond motifs is 1. The van der Waals surface area contributed by atoms with Crippen LogP contribution in [-0.2, 0) is 11.2 Å². The molecule has 2 rings (SSSR count). The average molecular weight is 244 g/mol. The van der Waals surface area contributed by atoms with E-state index in [-0.39, 0.29) is 24.0 Å². The van der Waals surface area contributed by atoms with Crippen molar-refractivity contribution in [2.75, 3.05) is 11.2 Å². The number of nitrogens with one attached hydrogen (secondary N) is 1. The minimum absolute atomic E-state index is 0.0868. The lowest BCUT2D eigenvalue weighted by atomic mass is 10.1. The van der Waals surface area contributed by atoms with Gasteiger partial charge in [0.2, 0.25) is 5.91 Å². The Labute approximate surface area is 96.4 Å². The number of hydrogen-bond donors (Lipinski definition) is 1. The van der Waals surface area contributed by atoms with E-state index in [0.717, 1.165) is 5.56 Å². The number of Topliss-reactive ketones (excluding diaryl/α,β-unsaturated/α-hetero) is 1. The van der Waals surface area contributed by atoms with E-state index in [1.54, 1.807) is 6.07 Å². The van der Waals surface area contributed by atoms with Crippen LogP contribution in [0.4, 0.5) is 5.69 Å². The van der Waals surface area contributed by atoms with E-state index < -0.39 is 0 Å². The summed E-state index contributed by atoms with van der Waals surface area (Å²) in [6, 6.07) is 3.18. The van der Waals surface area contributed by atoms with Gasteiger partial charge in [0.05, 0.1) is 23.0 Å². The van der Waals surface area contributed by atoms with Crippen molar-refractivity contribution in [3.63, 3.8) is 0 Å². The molecule has 0 fully saturated rings. The Kier molecular flexibility index (Phi) is 2.67. The summed E-state index contributed by atoms with van der Waals surface area (Å²) in [5.41, 5.74) is 1.80. The van der Waals surface area contributed by atoms with Crippen molar-refractivity contribution < 1.29 is 9.59 Å². The zero-order valence-electron chi connectivity index (χ0n) is 7.64. The zero-order valence-corrected chi connectivity index (χ0v) is 9.15. The van der Waals surface area contributed by atoms with Crippen molar-refractivity contribution in [1.29, 1.82) is 0 Å². The molecule has 78 valence electrons. The molecule has 1 amide bonds. The maximum absolute atomic E-state index is 11.4. The summed E-state index contributed by atoms with van der Waals surface area (Å²) in [6.07, 6.45) is 0.262. The summed E-state index contributed by atoms with van der Waals surface area (Å²) in [6.45, 7) is 0. The van der Waals surface area contributed by atoms with Gasteiger partial charge in [-0.2, -0.15) is 0 Å². The Morgan fingerprint density at radius 1 is 1.47 bits per heavy atom. The molecule has 0 bridgehead atoms. The molecular weight excluding hydrogens is 237 g/mol. The van der Waals surface area contributed by atoms with Gasteiger partial charge in [0.25, 0.3) is 0 Å². The first-order valence-corrected chi connectivity index (χ1v) is 5.24. The molecule has 5 heteroatoms. The third-order valence-corrected chi connectivity index (χ3v) is 2.77. The molecular formula is C10H7Cl2NO2. The van der Waals surface area contributed by atoms with Crippen LogP contribution in [0.1, 0.15) is 15.9 Å². The highest BCUT2D eigenvalue weighted by molar-refractivity contribution is 6.35. The van der Waals surface area contributed by atoms with Gasteiger partial charge >= 0.3 is 0 Å². The van der Waals surface area contributed by atoms with Crippen LogP contribution in [0.25, 0.3) is 0 Å². The third kappa shape index (κ3) is 1.85. The summed E-state index contributed by atoms with van der Waals surface area (Å²) in [4.78, 5) is 22.5. The fraction of sp³-hybridized carbons (Fsp3) is 0.200. The van der Waals surface area contributed by atoms with E-state index in [4.69, 9.17) is 23.2 Å². The van der Waals surface area contributed by atoms with Gasteiger partial charge in [0, 0.05) is 5.56 Å². The molecule has 1 aliphatic heterocycles. The topological polar surface area (TPSA) is 46.2 Å². The van der Waals surface area contributed by atoms with Gasteiger partial charge < -0.3 is 5.32 Å². The Hall–Kier alpha value is -1.06. The Morgan fingerprint density at radius 3 is 2.87 bits per heavy atom. The van der Waals surface area contributed by atoms with Gasteiger partial charge in [-0.25, -0.2) is 0 Å². The molecule has 1 heterocycles. The van der Waals surface area contributed by atoms with Crippen LogP contribution in [0.2, 0.25) is 5.02 Å². The molecule has 0 aliphatic carbocycles. The molecule has 0 aromatic heterocycles. The molecule has 1 aliphatic rings. The molecule has 15 heavy (non-hydrogen) atoms. The number of hydrogen-bond acceptors (Lipinski definition) is 2. The van der Waals surface area contributed by atoms with Crippen LogP contribution in [0, 0.1) is 0 Å². The van der Waals surface area contributed by atoms with Crippen molar-refractivity contribution in [2.45, 2.75) is 6.42 Å². The van der Waals surface area contributed by atoms with Crippen molar-refractivity contribution in [2.24, 2.45) is 0 Å². The predicted molar refractivity (Wildman–Crippen MR) is 58.8 cm³/mol. The number of alkyl halides is 1. The van der Waals surface area contributed by atoms with Crippen molar-refractivity contribution in [1.82, 2.24) is 0 Å². The Bertz CT molecular complexity index is 457. The van der Waals surface area contributed by atoms with Gasteiger partial charge in [-0.3, -0.25) is 9.59 Å². The van der Waals surface area contributed by atoms with Gasteiger partial charge in [-0.05, 0) is 17.7 Å². The number of rotatable bonds is 2. The molecule has 1 aromatic rings. The van der Waals surface area contributed by atoms with Gasteiger partial charge in [0.15, 0.2) is 5.78 Å². The van der Waals surface area contributed by atoms with Crippen molar-refractivity contribution in [3.8, 4) is 0 Å². The highest BCUT2D eigenvalue weighted by atomic mass is 35.5. The average Bonchev–Trinajstić information content (AvgIpc) is 2.58. The second-order valence-corrected chi connectivity index (χ2v) is 3.95. The van der Waals surface area contributed by atoms with E-state index >= 15 is 0 Å². The number of benzene rings is 1. The van der Waals surface area contributed by atoms with Gasteiger partial charge in [-0.15, -0.1) is 11.6 Å². The number of carbonyl (C=O) groups is 2. The number of amides is 1. The third-order valence-electron chi connectivity index (χ3n) is 2.23. The van der Waals surface area contributed by atoms with Crippen LogP contribution in [0.3, 0.4) is 0 Å². The maximum Gasteiger partial charge on any atom is 0.228 e. The number of anilines is 1. The molecule has 0 saturated carbocycles. The fourth-order valence-corrected chi connectivity index (χ4v) is 1.98. The first-order chi connectivity index (χ1) is 7.11. The number of carbonyl (C=O) groups excluding carboxylic acids is 2. The molecule has 1 N–H and O–H groups in total. The number of halogens is 2. The van der Waals surface area contributed by atoms with Crippen molar-refractivity contribution in [3.05, 3.63) is 28.3 Å². The Balaban J connectivity index is 2.48. The second-order valence-electron chi connectivity index (χ2n) is 3.27. The zero-order chi connectivity index (χ0) is 11.0. The molecule has 3 nitrogen and oxygen atoms in total. The molecule has 1 aromatic carbocycles. The predicted octanol–water partition coefficient (Wildman–Crippen LogP) is 2.26. The SMILES string of the molecule is O=C1Cc2cc(C(=O)CCl)cc(Cl)c2N1. The molecule has 0 radical (unpaired) electrons. The van der Waals surface area contributed by atoms with Crippen molar-refractivity contribution >= 4 is 40.6 Å². The van der Waals surface area contributed by atoms with Crippen LogP contribution < -0.4 is 5.32 Å². The van der Waals surface area contributed by atoms with Crippen LogP contribution in [0.15, 0.2) is 12.1 Å². The molecule has 0 spiro atoms. The highest BCUT2D eigenvalue weighted by Gasteiger charge is 2.22. The summed E-state index contributed by atoms with van der Waals surface area (Å²) in [7, 11) is 0. The first-order valence-electron chi connectivity index (χ1n) is 4.33. The molecule has 0 atom stereocenters. The maximum atomic E-state index is 11.4. The highest BCUT2D eigenvalue weighted by Crippen LogP contribution is 2.32. The smallest absolute Gasteiger partial charge is 0.228 e. The Morgan fingerprint density at radius 2 is 2.20 bits per heavy atom. The quantitative estimate of drug-likeness (QED) is 0.640. The summed E-state index contributed by atoms with van der Waals surface area (Å²) in [5, 5.41) is 3.02. The van der Waals surface area contributed by atoms with Crippen LogP contribution in [-0.4, -0.2) is 17.6 Å². The lowest BCUT2D eigenvalue weighted by Gasteiger charge is -2.04. The van der Waals surface area contributed by atoms with Gasteiger partial charge in [-0.1, -0.05) is 11.6 Å². The fourth-order valence-electron chi connectivity index (χ4n) is 1.54. The van der Waals surface area contributed by atoms with Crippen LogP contribution >= 0.6 is 23.2 Å². The summed E-state index contributed by atoms with van der Waals surface area (Å²) in [5.74, 6) is -0.390. The normalized spacial score (nSPS) is 13.6.